The van der Waals surface area contributed by atoms with E-state index in [1.165, 1.54) is 0 Å². The summed E-state index contributed by atoms with van der Waals surface area (Å²) in [7, 11) is 0. The Bertz CT molecular complexity index is 123. The molecule has 0 aromatic carbocycles. The number of ether oxygens (including phenoxy) is 1. The molecule has 0 spiro atoms. The molecule has 0 aromatic heterocycles. The van der Waals surface area contributed by atoms with Gasteiger partial charge in [0.15, 0.2) is 0 Å². The molecule has 1 heterocycles. The van der Waals surface area contributed by atoms with Crippen molar-refractivity contribution in [1.82, 2.24) is 5.32 Å². The zero-order valence-corrected chi connectivity index (χ0v) is 6.72. The number of hydrogen-bond acceptors (Lipinski definition) is 3. The minimum atomic E-state index is -0.662. The molecule has 0 aliphatic carbocycles. The molecule has 10 heavy (non-hydrogen) atoms. The summed E-state index contributed by atoms with van der Waals surface area (Å²) >= 11 is 0. The van der Waals surface area contributed by atoms with Crippen LogP contribution < -0.4 is 5.32 Å². The first-order valence-corrected chi connectivity index (χ1v) is 3.63. The lowest BCUT2D eigenvalue weighted by atomic mass is 9.97. The SMILES string of the molecule is CC(C)OC1NCC1(C)O. The van der Waals surface area contributed by atoms with Gasteiger partial charge in [-0.05, 0) is 20.8 Å². The van der Waals surface area contributed by atoms with E-state index in [2.05, 4.69) is 5.32 Å². The highest BCUT2D eigenvalue weighted by atomic mass is 16.5. The largest absolute Gasteiger partial charge is 0.385 e. The Labute approximate surface area is 61.4 Å². The average molecular weight is 145 g/mol. The maximum Gasteiger partial charge on any atom is 0.138 e. The van der Waals surface area contributed by atoms with Gasteiger partial charge in [-0.1, -0.05) is 0 Å². The van der Waals surface area contributed by atoms with Crippen molar-refractivity contribution in [3.8, 4) is 0 Å². The predicted octanol–water partition coefficient (Wildman–Crippen LogP) is 0.0917. The predicted molar refractivity (Wildman–Crippen MR) is 38.6 cm³/mol. The van der Waals surface area contributed by atoms with E-state index >= 15 is 0 Å². The zero-order chi connectivity index (χ0) is 7.78. The Morgan fingerprint density at radius 1 is 1.70 bits per heavy atom. The van der Waals surface area contributed by atoms with Gasteiger partial charge in [-0.15, -0.1) is 0 Å². The van der Waals surface area contributed by atoms with Crippen LogP contribution in [0.2, 0.25) is 0 Å². The molecule has 60 valence electrons. The third kappa shape index (κ3) is 1.48. The van der Waals surface area contributed by atoms with Crippen LogP contribution in [0.4, 0.5) is 0 Å². The van der Waals surface area contributed by atoms with Crippen molar-refractivity contribution >= 4 is 0 Å². The number of nitrogens with one attached hydrogen (secondary N) is 1. The van der Waals surface area contributed by atoms with Crippen LogP contribution in [0, 0.1) is 0 Å². The average Bonchev–Trinajstić information content (AvgIpc) is 1.81. The van der Waals surface area contributed by atoms with Crippen LogP contribution in [-0.2, 0) is 4.74 Å². The van der Waals surface area contributed by atoms with Gasteiger partial charge in [-0.2, -0.15) is 0 Å². The molecule has 0 saturated carbocycles. The summed E-state index contributed by atoms with van der Waals surface area (Å²) in [5.74, 6) is 0. The fourth-order valence-corrected chi connectivity index (χ4v) is 0.948. The second kappa shape index (κ2) is 2.49. The van der Waals surface area contributed by atoms with E-state index < -0.39 is 5.60 Å². The van der Waals surface area contributed by atoms with Crippen LogP contribution >= 0.6 is 0 Å². The summed E-state index contributed by atoms with van der Waals surface area (Å²) in [6.07, 6.45) is -0.00299. The van der Waals surface area contributed by atoms with Crippen molar-refractivity contribution in [3.05, 3.63) is 0 Å². The van der Waals surface area contributed by atoms with Gasteiger partial charge in [-0.3, -0.25) is 5.32 Å². The fraction of sp³-hybridized carbons (Fsp3) is 1.00. The molecule has 0 aromatic rings. The zero-order valence-electron chi connectivity index (χ0n) is 6.72. The van der Waals surface area contributed by atoms with Crippen molar-refractivity contribution in [2.75, 3.05) is 6.54 Å². The molecule has 1 aliphatic rings. The number of aliphatic hydroxyl groups is 1. The Kier molecular flexibility index (Phi) is 1.99. The van der Waals surface area contributed by atoms with Crippen molar-refractivity contribution < 1.29 is 9.84 Å². The Balaban J connectivity index is 2.30. The summed E-state index contributed by atoms with van der Waals surface area (Å²) < 4.78 is 5.34. The first-order chi connectivity index (χ1) is 4.52. The number of β-amino-alcohol motifs (C(OH)–C–C–N with tert-alkyl or cyclic N) is 1. The van der Waals surface area contributed by atoms with Gasteiger partial charge in [-0.25, -0.2) is 0 Å². The van der Waals surface area contributed by atoms with Crippen LogP contribution in [0.15, 0.2) is 0 Å². The van der Waals surface area contributed by atoms with Crippen molar-refractivity contribution in [3.63, 3.8) is 0 Å². The number of hydrogen-bond donors (Lipinski definition) is 2. The number of rotatable bonds is 2. The van der Waals surface area contributed by atoms with Crippen LogP contribution in [0.25, 0.3) is 0 Å². The lowest BCUT2D eigenvalue weighted by molar-refractivity contribution is -0.183. The van der Waals surface area contributed by atoms with Gasteiger partial charge >= 0.3 is 0 Å². The molecule has 2 atom stereocenters. The van der Waals surface area contributed by atoms with Gasteiger partial charge < -0.3 is 9.84 Å². The topological polar surface area (TPSA) is 41.5 Å². The highest BCUT2D eigenvalue weighted by Crippen LogP contribution is 2.19. The lowest BCUT2D eigenvalue weighted by Crippen LogP contribution is -2.67. The molecule has 1 aliphatic heterocycles. The quantitative estimate of drug-likeness (QED) is 0.578. The van der Waals surface area contributed by atoms with Crippen LogP contribution in [0.1, 0.15) is 20.8 Å². The second-order valence-electron chi connectivity index (χ2n) is 3.30. The first kappa shape index (κ1) is 7.98. The summed E-state index contributed by atoms with van der Waals surface area (Å²) in [6.45, 7) is 6.31. The molecule has 3 nitrogen and oxygen atoms in total. The molecule has 0 amide bonds. The highest BCUT2D eigenvalue weighted by Gasteiger charge is 2.41. The first-order valence-electron chi connectivity index (χ1n) is 3.63. The van der Waals surface area contributed by atoms with Crippen LogP contribution in [0.3, 0.4) is 0 Å². The molecule has 0 bridgehead atoms. The minimum Gasteiger partial charge on any atom is -0.385 e. The third-order valence-electron chi connectivity index (χ3n) is 1.62. The smallest absolute Gasteiger partial charge is 0.138 e. The molecule has 1 saturated heterocycles. The van der Waals surface area contributed by atoms with Crippen LogP contribution in [0.5, 0.6) is 0 Å². The van der Waals surface area contributed by atoms with Gasteiger partial charge in [0.1, 0.15) is 11.8 Å². The molecular formula is C7H15NO2. The second-order valence-corrected chi connectivity index (χ2v) is 3.30. The summed E-state index contributed by atoms with van der Waals surface area (Å²) in [6, 6.07) is 0. The molecule has 0 radical (unpaired) electrons. The van der Waals surface area contributed by atoms with Crippen LogP contribution in [-0.4, -0.2) is 29.6 Å². The lowest BCUT2D eigenvalue weighted by Gasteiger charge is -2.44. The van der Waals surface area contributed by atoms with E-state index in [1.807, 2.05) is 13.8 Å². The van der Waals surface area contributed by atoms with E-state index in [1.54, 1.807) is 6.92 Å². The molecule has 2 N–H and O–H groups in total. The van der Waals surface area contributed by atoms with E-state index in [0.717, 1.165) is 0 Å². The van der Waals surface area contributed by atoms with E-state index in [-0.39, 0.29) is 12.3 Å². The maximum atomic E-state index is 9.43. The van der Waals surface area contributed by atoms with E-state index in [4.69, 9.17) is 4.74 Å². The highest BCUT2D eigenvalue weighted by molar-refractivity contribution is 4.94. The molecule has 3 heteroatoms. The van der Waals surface area contributed by atoms with Crippen molar-refractivity contribution in [2.24, 2.45) is 0 Å². The van der Waals surface area contributed by atoms with Gasteiger partial charge in [0.25, 0.3) is 0 Å². The Morgan fingerprint density at radius 2 is 2.30 bits per heavy atom. The van der Waals surface area contributed by atoms with Gasteiger partial charge in [0.2, 0.25) is 0 Å². The Morgan fingerprint density at radius 3 is 2.40 bits per heavy atom. The van der Waals surface area contributed by atoms with Crippen molar-refractivity contribution in [2.45, 2.75) is 38.7 Å². The normalized spacial score (nSPS) is 39.9. The summed E-state index contributed by atoms with van der Waals surface area (Å²) in [5, 5.41) is 12.4. The third-order valence-corrected chi connectivity index (χ3v) is 1.62. The summed E-state index contributed by atoms with van der Waals surface area (Å²) in [4.78, 5) is 0. The molecule has 2 unspecified atom stereocenters. The molecule has 1 rings (SSSR count). The standard InChI is InChI=1S/C7H15NO2/c1-5(2)10-6-7(3,9)4-8-6/h5-6,8-9H,4H2,1-3H3. The fourth-order valence-electron chi connectivity index (χ4n) is 0.948. The monoisotopic (exact) mass is 145 g/mol. The van der Waals surface area contributed by atoms with E-state index in [9.17, 15) is 5.11 Å². The maximum absolute atomic E-state index is 9.43. The van der Waals surface area contributed by atoms with E-state index in [0.29, 0.717) is 6.54 Å². The van der Waals surface area contributed by atoms with Crippen molar-refractivity contribution in [1.29, 1.82) is 0 Å². The Hall–Kier alpha value is -0.120. The van der Waals surface area contributed by atoms with Gasteiger partial charge in [0.05, 0.1) is 6.10 Å². The molecular weight excluding hydrogens is 130 g/mol. The minimum absolute atomic E-state index is 0.171. The molecule has 1 fully saturated rings. The van der Waals surface area contributed by atoms with Gasteiger partial charge in [0, 0.05) is 6.54 Å². The summed E-state index contributed by atoms with van der Waals surface area (Å²) in [5.41, 5.74) is -0.662.